The molecule has 0 atom stereocenters. The molecule has 2 heterocycles. The first-order chi connectivity index (χ1) is 9.72. The summed E-state index contributed by atoms with van der Waals surface area (Å²) in [7, 11) is 0. The van der Waals surface area contributed by atoms with Crippen LogP contribution in [-0.2, 0) is 6.54 Å². The molecule has 0 bridgehead atoms. The van der Waals surface area contributed by atoms with Crippen LogP contribution in [-0.4, -0.2) is 18.1 Å². The summed E-state index contributed by atoms with van der Waals surface area (Å²) in [4.78, 5) is 7.21. The molecule has 3 heteroatoms. The van der Waals surface area contributed by atoms with E-state index in [1.165, 1.54) is 58.0 Å². The lowest BCUT2D eigenvalue weighted by atomic mass is 9.68. The lowest BCUT2D eigenvalue weighted by molar-refractivity contribution is 0.144. The van der Waals surface area contributed by atoms with E-state index in [4.69, 9.17) is 10.7 Å². The molecule has 0 amide bonds. The van der Waals surface area contributed by atoms with Crippen molar-refractivity contribution in [2.45, 2.75) is 58.4 Å². The highest BCUT2D eigenvalue weighted by Crippen LogP contribution is 2.44. The van der Waals surface area contributed by atoms with E-state index in [0.717, 1.165) is 17.1 Å². The van der Waals surface area contributed by atoms with Gasteiger partial charge < -0.3 is 10.6 Å². The lowest BCUT2D eigenvalue weighted by Gasteiger charge is -2.44. The van der Waals surface area contributed by atoms with Crippen molar-refractivity contribution in [1.29, 1.82) is 0 Å². The molecular weight excluding hydrogens is 246 g/mol. The van der Waals surface area contributed by atoms with Gasteiger partial charge in [0.2, 0.25) is 0 Å². The first kappa shape index (κ1) is 13.9. The van der Waals surface area contributed by atoms with Crippen LogP contribution >= 0.6 is 0 Å². The number of anilines is 1. The average molecular weight is 273 g/mol. The Morgan fingerprint density at radius 2 is 1.80 bits per heavy atom. The summed E-state index contributed by atoms with van der Waals surface area (Å²) in [5, 5.41) is 0. The van der Waals surface area contributed by atoms with Crippen molar-refractivity contribution in [1.82, 2.24) is 4.98 Å². The first-order valence-corrected chi connectivity index (χ1v) is 8.14. The van der Waals surface area contributed by atoms with Crippen molar-refractivity contribution < 1.29 is 0 Å². The second kappa shape index (κ2) is 5.72. The third-order valence-electron chi connectivity index (χ3n) is 5.46. The predicted octanol–water partition coefficient (Wildman–Crippen LogP) is 3.40. The number of aromatic nitrogens is 1. The Labute approximate surface area is 122 Å². The van der Waals surface area contributed by atoms with Crippen LogP contribution in [0.25, 0.3) is 0 Å². The number of nitrogens with zero attached hydrogens (tertiary/aromatic N) is 2. The van der Waals surface area contributed by atoms with Crippen molar-refractivity contribution in [2.75, 3.05) is 18.0 Å². The number of hydrogen-bond acceptors (Lipinski definition) is 3. The van der Waals surface area contributed by atoms with Gasteiger partial charge in [0.05, 0.1) is 0 Å². The fourth-order valence-electron chi connectivity index (χ4n) is 3.98. The monoisotopic (exact) mass is 273 g/mol. The molecular formula is C17H27N3. The maximum Gasteiger partial charge on any atom is 0.128 e. The molecule has 3 rings (SSSR count). The molecule has 20 heavy (non-hydrogen) atoms. The fourth-order valence-corrected chi connectivity index (χ4v) is 3.98. The van der Waals surface area contributed by atoms with E-state index >= 15 is 0 Å². The standard InChI is InChI=1S/C17H27N3/c1-14-15(13-18)5-6-16(19-14)20-11-9-17(10-12-20)7-3-2-4-8-17/h5-6H,2-4,7-13,18H2,1H3. The van der Waals surface area contributed by atoms with Crippen LogP contribution < -0.4 is 10.6 Å². The molecule has 1 aromatic rings. The van der Waals surface area contributed by atoms with Gasteiger partial charge >= 0.3 is 0 Å². The van der Waals surface area contributed by atoms with Crippen molar-refractivity contribution >= 4 is 5.82 Å². The van der Waals surface area contributed by atoms with Crippen LogP contribution in [0.2, 0.25) is 0 Å². The van der Waals surface area contributed by atoms with Crippen LogP contribution in [0.15, 0.2) is 12.1 Å². The third-order valence-corrected chi connectivity index (χ3v) is 5.46. The van der Waals surface area contributed by atoms with Crippen LogP contribution in [0.1, 0.15) is 56.2 Å². The zero-order valence-corrected chi connectivity index (χ0v) is 12.7. The Hall–Kier alpha value is -1.09. The predicted molar refractivity (Wildman–Crippen MR) is 83.8 cm³/mol. The van der Waals surface area contributed by atoms with Crippen LogP contribution in [0, 0.1) is 12.3 Å². The summed E-state index contributed by atoms with van der Waals surface area (Å²) in [6.07, 6.45) is 9.97. The summed E-state index contributed by atoms with van der Waals surface area (Å²) in [5.74, 6) is 1.14. The maximum absolute atomic E-state index is 5.72. The highest BCUT2D eigenvalue weighted by molar-refractivity contribution is 5.42. The maximum atomic E-state index is 5.72. The van der Waals surface area contributed by atoms with Gasteiger partial charge in [-0.25, -0.2) is 4.98 Å². The van der Waals surface area contributed by atoms with E-state index in [0.29, 0.717) is 12.0 Å². The Kier molecular flexibility index (Phi) is 3.97. The normalized spacial score (nSPS) is 22.2. The van der Waals surface area contributed by atoms with E-state index in [1.54, 1.807) is 0 Å². The minimum absolute atomic E-state index is 0.586. The lowest BCUT2D eigenvalue weighted by Crippen LogP contribution is -2.41. The van der Waals surface area contributed by atoms with Gasteiger partial charge in [0, 0.05) is 25.3 Å². The number of hydrogen-bond donors (Lipinski definition) is 1. The first-order valence-electron chi connectivity index (χ1n) is 8.14. The second-order valence-corrected chi connectivity index (χ2v) is 6.67. The zero-order valence-electron chi connectivity index (χ0n) is 12.7. The highest BCUT2D eigenvalue weighted by atomic mass is 15.2. The molecule has 0 unspecified atom stereocenters. The van der Waals surface area contributed by atoms with E-state index in [2.05, 4.69) is 24.0 Å². The third kappa shape index (κ3) is 2.69. The number of pyridine rings is 1. The number of aryl methyl sites for hydroxylation is 1. The molecule has 1 aliphatic carbocycles. The fraction of sp³-hybridized carbons (Fsp3) is 0.706. The summed E-state index contributed by atoms with van der Waals surface area (Å²) >= 11 is 0. The molecule has 110 valence electrons. The Morgan fingerprint density at radius 1 is 1.10 bits per heavy atom. The Balaban J connectivity index is 1.67. The van der Waals surface area contributed by atoms with E-state index in [9.17, 15) is 0 Å². The molecule has 1 aromatic heterocycles. The molecule has 0 radical (unpaired) electrons. The quantitative estimate of drug-likeness (QED) is 0.898. The minimum atomic E-state index is 0.586. The van der Waals surface area contributed by atoms with Crippen LogP contribution in [0.4, 0.5) is 5.82 Å². The smallest absolute Gasteiger partial charge is 0.128 e. The van der Waals surface area contributed by atoms with Gasteiger partial charge in [0.1, 0.15) is 5.82 Å². The molecule has 3 nitrogen and oxygen atoms in total. The number of rotatable bonds is 2. The summed E-state index contributed by atoms with van der Waals surface area (Å²) in [5.41, 5.74) is 8.63. The van der Waals surface area contributed by atoms with Crippen LogP contribution in [0.5, 0.6) is 0 Å². The Bertz CT molecular complexity index is 453. The van der Waals surface area contributed by atoms with Crippen molar-refractivity contribution in [3.8, 4) is 0 Å². The van der Waals surface area contributed by atoms with E-state index < -0.39 is 0 Å². The molecule has 2 aliphatic rings. The Morgan fingerprint density at radius 3 is 2.40 bits per heavy atom. The minimum Gasteiger partial charge on any atom is -0.357 e. The van der Waals surface area contributed by atoms with Gasteiger partial charge in [-0.1, -0.05) is 25.3 Å². The average Bonchev–Trinajstić information content (AvgIpc) is 2.49. The molecule has 1 saturated carbocycles. The number of nitrogens with two attached hydrogens (primary N) is 1. The topological polar surface area (TPSA) is 42.2 Å². The van der Waals surface area contributed by atoms with E-state index in [-0.39, 0.29) is 0 Å². The van der Waals surface area contributed by atoms with Crippen molar-refractivity contribution in [2.24, 2.45) is 11.1 Å². The van der Waals surface area contributed by atoms with Gasteiger partial charge in [-0.15, -0.1) is 0 Å². The summed E-state index contributed by atoms with van der Waals surface area (Å²) < 4.78 is 0. The van der Waals surface area contributed by atoms with Crippen molar-refractivity contribution in [3.63, 3.8) is 0 Å². The number of piperidine rings is 1. The SMILES string of the molecule is Cc1nc(N2CCC3(CCCCC3)CC2)ccc1CN. The molecule has 0 aromatic carbocycles. The van der Waals surface area contributed by atoms with Gasteiger partial charge in [-0.3, -0.25) is 0 Å². The zero-order chi connectivity index (χ0) is 14.0. The molecule has 1 aliphatic heterocycles. The van der Waals surface area contributed by atoms with Gasteiger partial charge in [-0.05, 0) is 49.7 Å². The van der Waals surface area contributed by atoms with Crippen molar-refractivity contribution in [3.05, 3.63) is 23.4 Å². The summed E-state index contributed by atoms with van der Waals surface area (Å²) in [6.45, 7) is 5.00. The van der Waals surface area contributed by atoms with Gasteiger partial charge in [0.15, 0.2) is 0 Å². The highest BCUT2D eigenvalue weighted by Gasteiger charge is 2.35. The second-order valence-electron chi connectivity index (χ2n) is 6.67. The summed E-state index contributed by atoms with van der Waals surface area (Å²) in [6, 6.07) is 4.29. The molecule has 2 fully saturated rings. The van der Waals surface area contributed by atoms with E-state index in [1.807, 2.05) is 0 Å². The molecule has 1 saturated heterocycles. The van der Waals surface area contributed by atoms with Crippen LogP contribution in [0.3, 0.4) is 0 Å². The molecule has 2 N–H and O–H groups in total. The largest absolute Gasteiger partial charge is 0.357 e. The van der Waals surface area contributed by atoms with Gasteiger partial charge in [0.25, 0.3) is 0 Å². The molecule has 1 spiro atoms. The van der Waals surface area contributed by atoms with Gasteiger partial charge in [-0.2, -0.15) is 0 Å².